The first-order valence-electron chi connectivity index (χ1n) is 6.39. The summed E-state index contributed by atoms with van der Waals surface area (Å²) in [7, 11) is -3.71. The van der Waals surface area contributed by atoms with E-state index in [9.17, 15) is 12.8 Å². The van der Waals surface area contributed by atoms with E-state index in [0.717, 1.165) is 18.9 Å². The molecule has 1 aromatic carbocycles. The molecule has 6 heteroatoms. The summed E-state index contributed by atoms with van der Waals surface area (Å²) in [5.74, 6) is -0.527. The molecule has 1 atom stereocenters. The predicted octanol–water partition coefficient (Wildman–Crippen LogP) is 1.93. The van der Waals surface area contributed by atoms with Crippen LogP contribution in [0.15, 0.2) is 23.1 Å². The number of hydrogen-bond acceptors (Lipinski definition) is 3. The van der Waals surface area contributed by atoms with Crippen LogP contribution in [-0.2, 0) is 10.0 Å². The molecular weight excluding hydrogens is 267 g/mol. The summed E-state index contributed by atoms with van der Waals surface area (Å²) in [4.78, 5) is -0.0643. The number of nitrogens with two attached hydrogens (primary N) is 1. The molecule has 0 saturated heterocycles. The van der Waals surface area contributed by atoms with E-state index in [1.807, 2.05) is 6.92 Å². The third kappa shape index (κ3) is 4.56. The number of rotatable bonds is 7. The van der Waals surface area contributed by atoms with Crippen LogP contribution in [0.1, 0.15) is 31.7 Å². The van der Waals surface area contributed by atoms with Gasteiger partial charge >= 0.3 is 0 Å². The van der Waals surface area contributed by atoms with Crippen molar-refractivity contribution in [2.24, 2.45) is 5.73 Å². The molecule has 0 saturated carbocycles. The van der Waals surface area contributed by atoms with Crippen LogP contribution in [0.2, 0.25) is 0 Å². The van der Waals surface area contributed by atoms with Gasteiger partial charge in [-0.2, -0.15) is 0 Å². The van der Waals surface area contributed by atoms with E-state index in [0.29, 0.717) is 12.0 Å². The average Bonchev–Trinajstić information content (AvgIpc) is 2.37. The highest BCUT2D eigenvalue weighted by Gasteiger charge is 2.19. The number of sulfonamides is 1. The molecule has 0 fully saturated rings. The Morgan fingerprint density at radius 1 is 1.42 bits per heavy atom. The van der Waals surface area contributed by atoms with Crippen molar-refractivity contribution in [3.8, 4) is 0 Å². The fraction of sp³-hybridized carbons (Fsp3) is 0.538. The third-order valence-electron chi connectivity index (χ3n) is 2.97. The summed E-state index contributed by atoms with van der Waals surface area (Å²) in [6.45, 7) is 3.84. The van der Waals surface area contributed by atoms with Crippen LogP contribution in [0.4, 0.5) is 4.39 Å². The lowest BCUT2D eigenvalue weighted by Gasteiger charge is -2.16. The molecule has 0 spiro atoms. The molecule has 19 heavy (non-hydrogen) atoms. The van der Waals surface area contributed by atoms with E-state index >= 15 is 0 Å². The number of nitrogens with one attached hydrogen (secondary N) is 1. The third-order valence-corrected chi connectivity index (χ3v) is 4.48. The quantitative estimate of drug-likeness (QED) is 0.805. The molecule has 108 valence electrons. The summed E-state index contributed by atoms with van der Waals surface area (Å²) in [6, 6.07) is 3.57. The maximum Gasteiger partial charge on any atom is 0.240 e. The minimum atomic E-state index is -3.71. The van der Waals surface area contributed by atoms with E-state index in [-0.39, 0.29) is 17.5 Å². The van der Waals surface area contributed by atoms with Gasteiger partial charge in [0, 0.05) is 12.6 Å². The van der Waals surface area contributed by atoms with E-state index in [2.05, 4.69) is 4.72 Å². The summed E-state index contributed by atoms with van der Waals surface area (Å²) in [5, 5.41) is 0. The van der Waals surface area contributed by atoms with Crippen LogP contribution in [0, 0.1) is 12.7 Å². The van der Waals surface area contributed by atoms with Crippen LogP contribution >= 0.6 is 0 Å². The Hall–Kier alpha value is -0.980. The Morgan fingerprint density at radius 2 is 2.11 bits per heavy atom. The second-order valence-corrected chi connectivity index (χ2v) is 6.32. The number of unbranched alkanes of at least 4 members (excludes halogenated alkanes) is 1. The number of hydrogen-bond donors (Lipinski definition) is 2. The Balaban J connectivity index is 2.87. The molecule has 0 aliphatic rings. The largest absolute Gasteiger partial charge is 0.329 e. The Labute approximate surface area is 114 Å². The molecule has 0 bridgehead atoms. The molecule has 4 nitrogen and oxygen atoms in total. The smallest absolute Gasteiger partial charge is 0.240 e. The molecule has 1 unspecified atom stereocenters. The first-order valence-corrected chi connectivity index (χ1v) is 7.87. The van der Waals surface area contributed by atoms with Gasteiger partial charge in [-0.15, -0.1) is 0 Å². The van der Waals surface area contributed by atoms with E-state index < -0.39 is 15.8 Å². The van der Waals surface area contributed by atoms with E-state index in [4.69, 9.17) is 5.73 Å². The molecule has 0 radical (unpaired) electrons. The van der Waals surface area contributed by atoms with Gasteiger partial charge in [-0.05, 0) is 31.0 Å². The van der Waals surface area contributed by atoms with Crippen LogP contribution in [0.25, 0.3) is 0 Å². The lowest BCUT2D eigenvalue weighted by atomic mass is 10.1. The monoisotopic (exact) mass is 288 g/mol. The van der Waals surface area contributed by atoms with Crippen molar-refractivity contribution in [3.05, 3.63) is 29.6 Å². The van der Waals surface area contributed by atoms with Crippen LogP contribution < -0.4 is 10.5 Å². The Bertz CT molecular complexity index is 517. The predicted molar refractivity (Wildman–Crippen MR) is 73.8 cm³/mol. The average molecular weight is 288 g/mol. The first kappa shape index (κ1) is 16.1. The van der Waals surface area contributed by atoms with Crippen LogP contribution in [-0.4, -0.2) is 21.0 Å². The minimum absolute atomic E-state index is 0.0643. The van der Waals surface area contributed by atoms with Gasteiger partial charge in [-0.3, -0.25) is 0 Å². The normalized spacial score (nSPS) is 13.5. The highest BCUT2D eigenvalue weighted by molar-refractivity contribution is 7.89. The Kier molecular flexibility index (Phi) is 5.90. The molecule has 0 aliphatic carbocycles. The van der Waals surface area contributed by atoms with Crippen molar-refractivity contribution in [1.29, 1.82) is 0 Å². The van der Waals surface area contributed by atoms with Crippen LogP contribution in [0.5, 0.6) is 0 Å². The lowest BCUT2D eigenvalue weighted by molar-refractivity contribution is 0.515. The maximum absolute atomic E-state index is 13.4. The molecule has 0 amide bonds. The molecule has 1 rings (SSSR count). The summed E-state index contributed by atoms with van der Waals surface area (Å²) in [6.07, 6.45) is 2.55. The van der Waals surface area contributed by atoms with Crippen molar-refractivity contribution in [2.75, 3.05) is 6.54 Å². The fourth-order valence-electron chi connectivity index (χ4n) is 1.70. The SMILES string of the molecule is CCCCC(CN)NS(=O)(=O)c1ccc(C)c(F)c1. The molecule has 0 aromatic heterocycles. The van der Waals surface area contributed by atoms with Crippen molar-refractivity contribution in [3.63, 3.8) is 0 Å². The van der Waals surface area contributed by atoms with Gasteiger partial charge in [0.1, 0.15) is 5.82 Å². The minimum Gasteiger partial charge on any atom is -0.329 e. The zero-order valence-electron chi connectivity index (χ0n) is 11.3. The zero-order valence-corrected chi connectivity index (χ0v) is 12.1. The second-order valence-electron chi connectivity index (χ2n) is 4.61. The highest BCUT2D eigenvalue weighted by atomic mass is 32.2. The summed E-state index contributed by atoms with van der Waals surface area (Å²) < 4.78 is 40.1. The molecule has 0 heterocycles. The highest BCUT2D eigenvalue weighted by Crippen LogP contribution is 2.15. The van der Waals surface area contributed by atoms with Gasteiger partial charge in [0.05, 0.1) is 4.90 Å². The first-order chi connectivity index (χ1) is 8.90. The Morgan fingerprint density at radius 3 is 2.63 bits per heavy atom. The molecule has 3 N–H and O–H groups in total. The number of benzene rings is 1. The van der Waals surface area contributed by atoms with Crippen molar-refractivity contribution < 1.29 is 12.8 Å². The molecule has 0 aliphatic heterocycles. The van der Waals surface area contributed by atoms with Crippen molar-refractivity contribution in [1.82, 2.24) is 4.72 Å². The second kappa shape index (κ2) is 6.98. The van der Waals surface area contributed by atoms with E-state index in [1.165, 1.54) is 12.1 Å². The number of aryl methyl sites for hydroxylation is 1. The fourth-order valence-corrected chi connectivity index (χ4v) is 3.00. The van der Waals surface area contributed by atoms with Gasteiger partial charge in [-0.25, -0.2) is 17.5 Å². The topological polar surface area (TPSA) is 72.2 Å². The summed E-state index contributed by atoms with van der Waals surface area (Å²) in [5.41, 5.74) is 5.97. The van der Waals surface area contributed by atoms with Gasteiger partial charge < -0.3 is 5.73 Å². The van der Waals surface area contributed by atoms with Crippen molar-refractivity contribution >= 4 is 10.0 Å². The molecular formula is C13H21FN2O2S. The van der Waals surface area contributed by atoms with Gasteiger partial charge in [0.25, 0.3) is 0 Å². The summed E-state index contributed by atoms with van der Waals surface area (Å²) >= 11 is 0. The number of halogens is 1. The zero-order chi connectivity index (χ0) is 14.5. The standard InChI is InChI=1S/C13H21FN2O2S/c1-3-4-5-11(9-15)16-19(17,18)12-7-6-10(2)13(14)8-12/h6-8,11,16H,3-5,9,15H2,1-2H3. The van der Waals surface area contributed by atoms with E-state index in [1.54, 1.807) is 6.92 Å². The maximum atomic E-state index is 13.4. The van der Waals surface area contributed by atoms with Gasteiger partial charge in [0.2, 0.25) is 10.0 Å². The van der Waals surface area contributed by atoms with Crippen molar-refractivity contribution in [2.45, 2.75) is 44.0 Å². The lowest BCUT2D eigenvalue weighted by Crippen LogP contribution is -2.40. The van der Waals surface area contributed by atoms with Gasteiger partial charge in [0.15, 0.2) is 0 Å². The van der Waals surface area contributed by atoms with Gasteiger partial charge in [-0.1, -0.05) is 25.8 Å². The van der Waals surface area contributed by atoms with Crippen LogP contribution in [0.3, 0.4) is 0 Å². The molecule has 1 aromatic rings.